The Morgan fingerprint density at radius 1 is 1.41 bits per heavy atom. The molecular weight excluding hydrogens is 212 g/mol. The number of nitrogens with one attached hydrogen (secondary N) is 1. The maximum absolute atomic E-state index is 5.63. The molecule has 1 aromatic rings. The number of pyridine rings is 1. The van der Waals surface area contributed by atoms with Crippen molar-refractivity contribution in [1.29, 1.82) is 0 Å². The van der Waals surface area contributed by atoms with Crippen LogP contribution in [-0.2, 0) is 0 Å². The maximum Gasteiger partial charge on any atom is 0.138 e. The van der Waals surface area contributed by atoms with Crippen LogP contribution in [0.1, 0.15) is 25.8 Å². The molecule has 0 aliphatic carbocycles. The van der Waals surface area contributed by atoms with Crippen LogP contribution >= 0.6 is 0 Å². The van der Waals surface area contributed by atoms with Crippen molar-refractivity contribution in [2.75, 3.05) is 20.2 Å². The Morgan fingerprint density at radius 2 is 2.24 bits per heavy atom. The topological polar surface area (TPSA) is 34.2 Å². The Kier molecular flexibility index (Phi) is 6.33. The lowest BCUT2D eigenvalue weighted by Gasteiger charge is -2.08. The van der Waals surface area contributed by atoms with Gasteiger partial charge < -0.3 is 10.1 Å². The first kappa shape index (κ1) is 13.7. The third kappa shape index (κ3) is 6.07. The molecule has 1 rings (SSSR count). The predicted molar refractivity (Wildman–Crippen MR) is 72.1 cm³/mol. The van der Waals surface area contributed by atoms with E-state index in [9.17, 15) is 0 Å². The van der Waals surface area contributed by atoms with Gasteiger partial charge in [-0.1, -0.05) is 26.0 Å². The Bertz CT molecular complexity index is 348. The lowest BCUT2D eigenvalue weighted by molar-refractivity contribution is 0.270. The van der Waals surface area contributed by atoms with E-state index in [-0.39, 0.29) is 0 Å². The molecule has 0 atom stereocenters. The molecule has 0 saturated carbocycles. The molecule has 3 nitrogen and oxygen atoms in total. The van der Waals surface area contributed by atoms with E-state index in [1.54, 1.807) is 6.20 Å². The lowest BCUT2D eigenvalue weighted by atomic mass is 10.2. The van der Waals surface area contributed by atoms with Gasteiger partial charge in [-0.3, -0.25) is 4.98 Å². The van der Waals surface area contributed by atoms with E-state index < -0.39 is 0 Å². The van der Waals surface area contributed by atoms with Crippen molar-refractivity contribution in [2.24, 2.45) is 5.92 Å². The Morgan fingerprint density at radius 3 is 2.94 bits per heavy atom. The Labute approximate surface area is 104 Å². The number of nitrogens with zero attached hydrogens (tertiary/aromatic N) is 1. The molecule has 0 radical (unpaired) electrons. The van der Waals surface area contributed by atoms with E-state index in [2.05, 4.69) is 36.3 Å². The van der Waals surface area contributed by atoms with Crippen LogP contribution in [0.5, 0.6) is 5.75 Å². The average Bonchev–Trinajstić information content (AvgIpc) is 2.33. The molecule has 0 aliphatic rings. The fourth-order valence-electron chi connectivity index (χ4n) is 1.32. The summed E-state index contributed by atoms with van der Waals surface area (Å²) < 4.78 is 5.63. The molecule has 1 heterocycles. The molecule has 1 aromatic heterocycles. The highest BCUT2D eigenvalue weighted by molar-refractivity contribution is 5.49. The molecule has 1 N–H and O–H groups in total. The highest BCUT2D eigenvalue weighted by atomic mass is 16.5. The smallest absolute Gasteiger partial charge is 0.138 e. The van der Waals surface area contributed by atoms with E-state index in [4.69, 9.17) is 4.74 Å². The molecule has 0 aliphatic heterocycles. The summed E-state index contributed by atoms with van der Waals surface area (Å²) in [6.07, 6.45) is 8.84. The van der Waals surface area contributed by atoms with Crippen LogP contribution in [-0.4, -0.2) is 25.2 Å². The zero-order chi connectivity index (χ0) is 12.5. The normalized spacial score (nSPS) is 11.3. The fourth-order valence-corrected chi connectivity index (χ4v) is 1.32. The molecule has 0 unspecified atom stereocenters. The highest BCUT2D eigenvalue weighted by Crippen LogP contribution is 2.13. The van der Waals surface area contributed by atoms with Gasteiger partial charge in [0.15, 0.2) is 0 Å². The third-order valence-electron chi connectivity index (χ3n) is 2.19. The van der Waals surface area contributed by atoms with Crippen molar-refractivity contribution in [2.45, 2.75) is 20.3 Å². The van der Waals surface area contributed by atoms with Gasteiger partial charge in [-0.05, 0) is 37.6 Å². The van der Waals surface area contributed by atoms with Gasteiger partial charge in [0, 0.05) is 6.20 Å². The van der Waals surface area contributed by atoms with Gasteiger partial charge in [0.25, 0.3) is 0 Å². The van der Waals surface area contributed by atoms with Gasteiger partial charge in [0.05, 0.1) is 12.8 Å². The summed E-state index contributed by atoms with van der Waals surface area (Å²) in [5, 5.41) is 3.11. The van der Waals surface area contributed by atoms with Crippen LogP contribution in [0.3, 0.4) is 0 Å². The molecule has 17 heavy (non-hydrogen) atoms. The number of rotatable bonds is 7. The van der Waals surface area contributed by atoms with Gasteiger partial charge >= 0.3 is 0 Å². The average molecular weight is 234 g/mol. The first-order valence-corrected chi connectivity index (χ1v) is 6.11. The largest absolute Gasteiger partial charge is 0.492 e. The van der Waals surface area contributed by atoms with Gasteiger partial charge in [0.1, 0.15) is 5.75 Å². The standard InChI is InChI=1S/C14H22N2O/c1-12(2)11-17-14-8-13(9-16-10-14)6-4-5-7-15-3/h4,6,8-10,12,15H,5,7,11H2,1-3H3/b6-4+. The Hall–Kier alpha value is -1.35. The zero-order valence-corrected chi connectivity index (χ0v) is 10.9. The zero-order valence-electron chi connectivity index (χ0n) is 10.9. The number of hydrogen-bond donors (Lipinski definition) is 1. The van der Waals surface area contributed by atoms with Crippen LogP contribution in [0, 0.1) is 5.92 Å². The quantitative estimate of drug-likeness (QED) is 0.737. The molecule has 3 heteroatoms. The summed E-state index contributed by atoms with van der Waals surface area (Å²) in [6, 6.07) is 2.02. The SMILES string of the molecule is CNCC/C=C/c1cncc(OCC(C)C)c1. The molecule has 94 valence electrons. The molecule has 0 fully saturated rings. The summed E-state index contributed by atoms with van der Waals surface area (Å²) in [5.41, 5.74) is 1.09. The predicted octanol–water partition coefficient (Wildman–Crippen LogP) is 2.74. The lowest BCUT2D eigenvalue weighted by Crippen LogP contribution is -2.05. The van der Waals surface area contributed by atoms with Crippen LogP contribution in [0.25, 0.3) is 6.08 Å². The minimum absolute atomic E-state index is 0.532. The summed E-state index contributed by atoms with van der Waals surface area (Å²) in [4.78, 5) is 4.17. The first-order valence-electron chi connectivity index (χ1n) is 6.11. The van der Waals surface area contributed by atoms with Crippen LogP contribution in [0.2, 0.25) is 0 Å². The van der Waals surface area contributed by atoms with Gasteiger partial charge in [-0.25, -0.2) is 0 Å². The van der Waals surface area contributed by atoms with E-state index in [1.165, 1.54) is 0 Å². The fraction of sp³-hybridized carbons (Fsp3) is 0.500. The molecule has 0 aromatic carbocycles. The summed E-state index contributed by atoms with van der Waals surface area (Å²) in [5.74, 6) is 1.37. The second-order valence-electron chi connectivity index (χ2n) is 4.45. The Balaban J connectivity index is 2.50. The van der Waals surface area contributed by atoms with Crippen LogP contribution in [0.15, 0.2) is 24.5 Å². The molecule has 0 spiro atoms. The van der Waals surface area contributed by atoms with Gasteiger partial charge in [-0.15, -0.1) is 0 Å². The minimum Gasteiger partial charge on any atom is -0.492 e. The van der Waals surface area contributed by atoms with Crippen LogP contribution < -0.4 is 10.1 Å². The molecular formula is C14H22N2O. The van der Waals surface area contributed by atoms with E-state index >= 15 is 0 Å². The summed E-state index contributed by atoms with van der Waals surface area (Å²) >= 11 is 0. The van der Waals surface area contributed by atoms with Gasteiger partial charge in [0.2, 0.25) is 0 Å². The third-order valence-corrected chi connectivity index (χ3v) is 2.19. The van der Waals surface area contributed by atoms with E-state index in [1.807, 2.05) is 19.3 Å². The van der Waals surface area contributed by atoms with Crippen molar-refractivity contribution in [3.8, 4) is 5.75 Å². The van der Waals surface area contributed by atoms with E-state index in [0.717, 1.165) is 30.9 Å². The van der Waals surface area contributed by atoms with Crippen molar-refractivity contribution >= 4 is 6.08 Å². The number of hydrogen-bond acceptors (Lipinski definition) is 3. The van der Waals surface area contributed by atoms with Crippen molar-refractivity contribution in [1.82, 2.24) is 10.3 Å². The maximum atomic E-state index is 5.63. The molecule has 0 amide bonds. The van der Waals surface area contributed by atoms with Gasteiger partial charge in [-0.2, -0.15) is 0 Å². The second-order valence-corrected chi connectivity index (χ2v) is 4.45. The summed E-state index contributed by atoms with van der Waals surface area (Å²) in [7, 11) is 1.95. The minimum atomic E-state index is 0.532. The highest BCUT2D eigenvalue weighted by Gasteiger charge is 1.98. The first-order chi connectivity index (χ1) is 8.22. The van der Waals surface area contributed by atoms with Crippen molar-refractivity contribution in [3.05, 3.63) is 30.1 Å². The monoisotopic (exact) mass is 234 g/mol. The number of ether oxygens (including phenoxy) is 1. The molecule has 0 bridgehead atoms. The van der Waals surface area contributed by atoms with Crippen molar-refractivity contribution in [3.63, 3.8) is 0 Å². The second kappa shape index (κ2) is 7.85. The van der Waals surface area contributed by atoms with E-state index in [0.29, 0.717) is 5.92 Å². The number of aromatic nitrogens is 1. The van der Waals surface area contributed by atoms with Crippen molar-refractivity contribution < 1.29 is 4.74 Å². The van der Waals surface area contributed by atoms with Crippen LogP contribution in [0.4, 0.5) is 0 Å². The molecule has 0 saturated heterocycles. The summed E-state index contributed by atoms with van der Waals surface area (Å²) in [6.45, 7) is 5.99.